The summed E-state index contributed by atoms with van der Waals surface area (Å²) < 4.78 is 3.64. The number of imidazole rings is 1. The van der Waals surface area contributed by atoms with Gasteiger partial charge in [0, 0.05) is 50.3 Å². The van der Waals surface area contributed by atoms with Crippen molar-refractivity contribution >= 4 is 5.91 Å². The van der Waals surface area contributed by atoms with E-state index in [2.05, 4.69) is 16.1 Å². The van der Waals surface area contributed by atoms with Gasteiger partial charge < -0.3 is 4.90 Å². The van der Waals surface area contributed by atoms with Crippen LogP contribution in [0, 0.1) is 6.92 Å². The normalized spacial score (nSPS) is 17.5. The Labute approximate surface area is 152 Å². The van der Waals surface area contributed by atoms with Gasteiger partial charge in [-0.25, -0.2) is 9.97 Å². The number of hydrogen-bond donors (Lipinski definition) is 0. The number of carbonyl (C=O) groups is 1. The zero-order chi connectivity index (χ0) is 18.1. The van der Waals surface area contributed by atoms with Gasteiger partial charge in [-0.2, -0.15) is 5.10 Å². The Morgan fingerprint density at radius 3 is 2.92 bits per heavy atom. The molecule has 3 aromatic heterocycles. The molecule has 0 N–H and O–H groups in total. The summed E-state index contributed by atoms with van der Waals surface area (Å²) in [4.78, 5) is 23.8. The van der Waals surface area contributed by atoms with Gasteiger partial charge in [0.05, 0.1) is 11.8 Å². The van der Waals surface area contributed by atoms with Crippen molar-refractivity contribution in [2.24, 2.45) is 7.05 Å². The van der Waals surface area contributed by atoms with E-state index in [0.717, 1.165) is 36.7 Å². The fraction of sp³-hybridized carbons (Fsp3) is 0.368. The van der Waals surface area contributed by atoms with Crippen LogP contribution in [0.3, 0.4) is 0 Å². The van der Waals surface area contributed by atoms with E-state index < -0.39 is 0 Å². The number of pyridine rings is 1. The van der Waals surface area contributed by atoms with Gasteiger partial charge in [-0.3, -0.25) is 14.0 Å². The molecule has 1 aliphatic rings. The summed E-state index contributed by atoms with van der Waals surface area (Å²) >= 11 is 0. The number of rotatable bonds is 3. The third-order valence-corrected chi connectivity index (χ3v) is 4.91. The first kappa shape index (κ1) is 16.5. The molecule has 1 fully saturated rings. The smallest absolute Gasteiger partial charge is 0.257 e. The zero-order valence-electron chi connectivity index (χ0n) is 15.0. The van der Waals surface area contributed by atoms with Crippen LogP contribution in [0.15, 0.2) is 43.0 Å². The molecule has 0 aromatic carbocycles. The third kappa shape index (κ3) is 3.12. The Bertz CT molecular complexity index is 928. The summed E-state index contributed by atoms with van der Waals surface area (Å²) in [5.41, 5.74) is 1.67. The Morgan fingerprint density at radius 1 is 1.31 bits per heavy atom. The molecular weight excluding hydrogens is 328 g/mol. The van der Waals surface area contributed by atoms with Crippen molar-refractivity contribution < 1.29 is 4.79 Å². The second kappa shape index (κ2) is 6.74. The van der Waals surface area contributed by atoms with Gasteiger partial charge in [-0.15, -0.1) is 0 Å². The Balaban J connectivity index is 1.55. The Morgan fingerprint density at radius 2 is 2.19 bits per heavy atom. The largest absolute Gasteiger partial charge is 0.338 e. The molecule has 0 spiro atoms. The molecule has 1 saturated heterocycles. The molecule has 7 nitrogen and oxygen atoms in total. The second-order valence-corrected chi connectivity index (χ2v) is 6.76. The van der Waals surface area contributed by atoms with E-state index in [9.17, 15) is 4.79 Å². The standard InChI is InChI=1S/C19H22N6O/c1-14-20-8-10-25(14)18-7-3-6-17(22-18)15-5-4-9-24(13-15)19(26)16-11-21-23(2)12-16/h3,6-8,10-12,15H,4-5,9,13H2,1-2H3/t15-/m0/s1. The van der Waals surface area contributed by atoms with Crippen molar-refractivity contribution in [1.82, 2.24) is 29.2 Å². The van der Waals surface area contributed by atoms with Crippen molar-refractivity contribution in [3.05, 3.63) is 60.1 Å². The van der Waals surface area contributed by atoms with E-state index in [1.165, 1.54) is 0 Å². The minimum atomic E-state index is 0.0457. The van der Waals surface area contributed by atoms with Crippen LogP contribution in [-0.4, -0.2) is 48.2 Å². The molecule has 1 aliphatic heterocycles. The minimum absolute atomic E-state index is 0.0457. The summed E-state index contributed by atoms with van der Waals surface area (Å²) in [7, 11) is 1.82. The molecule has 0 aliphatic carbocycles. The van der Waals surface area contributed by atoms with Gasteiger partial charge >= 0.3 is 0 Å². The lowest BCUT2D eigenvalue weighted by Gasteiger charge is -2.32. The van der Waals surface area contributed by atoms with Gasteiger partial charge in [-0.05, 0) is 31.9 Å². The fourth-order valence-electron chi connectivity index (χ4n) is 3.54. The molecule has 0 bridgehead atoms. The lowest BCUT2D eigenvalue weighted by atomic mass is 9.94. The van der Waals surface area contributed by atoms with Crippen LogP contribution in [0.1, 0.15) is 40.6 Å². The molecule has 7 heteroatoms. The topological polar surface area (TPSA) is 68.8 Å². The van der Waals surface area contributed by atoms with Gasteiger partial charge in [0.2, 0.25) is 0 Å². The molecule has 0 unspecified atom stereocenters. The molecule has 4 heterocycles. The fourth-order valence-corrected chi connectivity index (χ4v) is 3.54. The quantitative estimate of drug-likeness (QED) is 0.727. The van der Waals surface area contributed by atoms with Crippen molar-refractivity contribution in [2.75, 3.05) is 13.1 Å². The summed E-state index contributed by atoms with van der Waals surface area (Å²) in [5.74, 6) is 2.07. The highest BCUT2D eigenvalue weighted by molar-refractivity contribution is 5.93. The van der Waals surface area contributed by atoms with Gasteiger partial charge in [0.15, 0.2) is 0 Å². The van der Waals surface area contributed by atoms with Gasteiger partial charge in [0.25, 0.3) is 5.91 Å². The highest BCUT2D eigenvalue weighted by atomic mass is 16.2. The van der Waals surface area contributed by atoms with Crippen LogP contribution in [0.5, 0.6) is 0 Å². The van der Waals surface area contributed by atoms with Crippen LogP contribution < -0.4 is 0 Å². The van der Waals surface area contributed by atoms with Crippen LogP contribution in [0.25, 0.3) is 5.82 Å². The molecule has 3 aromatic rings. The van der Waals surface area contributed by atoms with Crippen LogP contribution in [-0.2, 0) is 7.05 Å². The maximum Gasteiger partial charge on any atom is 0.257 e. The number of likely N-dealkylation sites (tertiary alicyclic amines) is 1. The Hall–Kier alpha value is -2.96. The molecular formula is C19H22N6O. The summed E-state index contributed by atoms with van der Waals surface area (Å²) in [6.45, 7) is 3.43. The van der Waals surface area contributed by atoms with E-state index in [0.29, 0.717) is 12.1 Å². The van der Waals surface area contributed by atoms with E-state index in [-0.39, 0.29) is 11.8 Å². The lowest BCUT2D eigenvalue weighted by Crippen LogP contribution is -2.39. The monoisotopic (exact) mass is 350 g/mol. The molecule has 4 rings (SSSR count). The number of aryl methyl sites for hydroxylation is 2. The number of carbonyl (C=O) groups excluding carboxylic acids is 1. The van der Waals surface area contributed by atoms with Crippen molar-refractivity contribution in [2.45, 2.75) is 25.7 Å². The van der Waals surface area contributed by atoms with Crippen LogP contribution in [0.2, 0.25) is 0 Å². The highest BCUT2D eigenvalue weighted by Gasteiger charge is 2.27. The first-order chi connectivity index (χ1) is 12.6. The molecule has 1 amide bonds. The van der Waals surface area contributed by atoms with E-state index in [1.807, 2.05) is 41.8 Å². The third-order valence-electron chi connectivity index (χ3n) is 4.91. The molecule has 0 saturated carbocycles. The van der Waals surface area contributed by atoms with Crippen molar-refractivity contribution in [1.29, 1.82) is 0 Å². The van der Waals surface area contributed by atoms with E-state index >= 15 is 0 Å². The highest BCUT2D eigenvalue weighted by Crippen LogP contribution is 2.27. The summed E-state index contributed by atoms with van der Waals surface area (Å²) in [6, 6.07) is 6.07. The molecule has 1 atom stereocenters. The number of amides is 1. The predicted octanol–water partition coefficient (Wildman–Crippen LogP) is 2.33. The summed E-state index contributed by atoms with van der Waals surface area (Å²) in [5, 5.41) is 4.11. The maximum atomic E-state index is 12.7. The number of piperidine rings is 1. The lowest BCUT2D eigenvalue weighted by molar-refractivity contribution is 0.0706. The number of nitrogens with zero attached hydrogens (tertiary/aromatic N) is 6. The predicted molar refractivity (Wildman–Crippen MR) is 97.2 cm³/mol. The summed E-state index contributed by atoms with van der Waals surface area (Å²) in [6.07, 6.45) is 9.11. The minimum Gasteiger partial charge on any atom is -0.338 e. The van der Waals surface area contributed by atoms with Crippen LogP contribution in [0.4, 0.5) is 0 Å². The zero-order valence-corrected chi connectivity index (χ0v) is 15.0. The van der Waals surface area contributed by atoms with Crippen molar-refractivity contribution in [3.63, 3.8) is 0 Å². The Kier molecular flexibility index (Phi) is 4.28. The second-order valence-electron chi connectivity index (χ2n) is 6.76. The van der Waals surface area contributed by atoms with Gasteiger partial charge in [0.1, 0.15) is 11.6 Å². The van der Waals surface area contributed by atoms with Gasteiger partial charge in [-0.1, -0.05) is 6.07 Å². The van der Waals surface area contributed by atoms with E-state index in [1.54, 1.807) is 23.3 Å². The molecule has 134 valence electrons. The van der Waals surface area contributed by atoms with Crippen LogP contribution >= 0.6 is 0 Å². The number of hydrogen-bond acceptors (Lipinski definition) is 4. The SMILES string of the molecule is Cc1nccn1-c1cccc([C@H]2CCCN(C(=O)c3cnn(C)c3)C2)n1. The van der Waals surface area contributed by atoms with E-state index in [4.69, 9.17) is 4.98 Å². The maximum absolute atomic E-state index is 12.7. The van der Waals surface area contributed by atoms with Crippen molar-refractivity contribution in [3.8, 4) is 5.82 Å². The molecule has 0 radical (unpaired) electrons. The first-order valence-corrected chi connectivity index (χ1v) is 8.87. The number of aromatic nitrogens is 5. The average molecular weight is 350 g/mol. The average Bonchev–Trinajstić information content (AvgIpc) is 3.29. The molecule has 26 heavy (non-hydrogen) atoms. The first-order valence-electron chi connectivity index (χ1n) is 8.87.